The summed E-state index contributed by atoms with van der Waals surface area (Å²) in [5.41, 5.74) is 1.31. The summed E-state index contributed by atoms with van der Waals surface area (Å²) in [6, 6.07) is 0. The van der Waals surface area contributed by atoms with Crippen molar-refractivity contribution in [1.29, 1.82) is 0 Å². The van der Waals surface area contributed by atoms with Gasteiger partial charge in [0.2, 0.25) is 0 Å². The first-order chi connectivity index (χ1) is 26.3. The second kappa shape index (κ2) is 20.6. The van der Waals surface area contributed by atoms with Crippen molar-refractivity contribution in [1.82, 2.24) is 0 Å². The molecule has 0 aromatic rings. The molecule has 0 aromatic heterocycles. The van der Waals surface area contributed by atoms with Crippen molar-refractivity contribution in [3.63, 3.8) is 0 Å². The number of aliphatic hydroxyl groups is 3. The van der Waals surface area contributed by atoms with E-state index in [1.54, 1.807) is 0 Å². The summed E-state index contributed by atoms with van der Waals surface area (Å²) in [6.07, 6.45) is 19.4. The number of ketones is 1. The van der Waals surface area contributed by atoms with Crippen LogP contribution in [0.4, 0.5) is 0 Å². The molecular weight excluding hydrogens is 693 g/mol. The lowest BCUT2D eigenvalue weighted by atomic mass is 9.46. The van der Waals surface area contributed by atoms with Crippen LogP contribution in [0.2, 0.25) is 0 Å². The van der Waals surface area contributed by atoms with E-state index in [0.29, 0.717) is 42.3 Å². The molecular formula is C47H80O8. The van der Waals surface area contributed by atoms with E-state index < -0.39 is 30.7 Å². The summed E-state index contributed by atoms with van der Waals surface area (Å²) in [6.45, 7) is 14.0. The minimum absolute atomic E-state index is 0.0624. The molecule has 4 aliphatic carbocycles. The minimum Gasteiger partial charge on any atom is -0.463 e. The van der Waals surface area contributed by atoms with Gasteiger partial charge in [-0.25, -0.2) is 0 Å². The van der Waals surface area contributed by atoms with Crippen LogP contribution in [0.3, 0.4) is 0 Å². The number of rotatable bonds is 21. The van der Waals surface area contributed by atoms with E-state index in [-0.39, 0.29) is 35.4 Å². The normalized spacial score (nSPS) is 37.9. The molecule has 3 saturated carbocycles. The Kier molecular flexibility index (Phi) is 16.8. The summed E-state index contributed by atoms with van der Waals surface area (Å²) in [5, 5.41) is 32.3. The Morgan fingerprint density at radius 2 is 1.49 bits per heavy atom. The summed E-state index contributed by atoms with van der Waals surface area (Å²) >= 11 is 0. The summed E-state index contributed by atoms with van der Waals surface area (Å²) in [4.78, 5) is 26.7. The maximum atomic E-state index is 14.1. The number of ether oxygens (including phenoxy) is 3. The van der Waals surface area contributed by atoms with Gasteiger partial charge in [0.1, 0.15) is 31.0 Å². The van der Waals surface area contributed by atoms with Gasteiger partial charge < -0.3 is 29.5 Å². The van der Waals surface area contributed by atoms with Crippen molar-refractivity contribution in [2.24, 2.45) is 46.3 Å². The molecule has 1 heterocycles. The van der Waals surface area contributed by atoms with Crippen molar-refractivity contribution in [3.8, 4) is 0 Å². The second-order valence-electron chi connectivity index (χ2n) is 19.7. The Labute approximate surface area is 334 Å². The number of unbranched alkanes of at least 4 members (excludes halogenated alkanes) is 10. The summed E-state index contributed by atoms with van der Waals surface area (Å²) in [7, 11) is 0. The Hall–Kier alpha value is -1.32. The van der Waals surface area contributed by atoms with Gasteiger partial charge in [0.25, 0.3) is 0 Å². The van der Waals surface area contributed by atoms with E-state index in [9.17, 15) is 24.9 Å². The molecule has 0 amide bonds. The number of hydrogen-bond acceptors (Lipinski definition) is 8. The number of allylic oxidation sites excluding steroid dienone is 1. The van der Waals surface area contributed by atoms with Crippen LogP contribution in [0.15, 0.2) is 11.6 Å². The van der Waals surface area contributed by atoms with Crippen LogP contribution in [-0.2, 0) is 23.8 Å². The van der Waals surface area contributed by atoms with Gasteiger partial charge in [0, 0.05) is 12.3 Å². The van der Waals surface area contributed by atoms with Crippen molar-refractivity contribution in [2.75, 3.05) is 6.61 Å². The number of esters is 1. The molecule has 55 heavy (non-hydrogen) atoms. The summed E-state index contributed by atoms with van der Waals surface area (Å²) < 4.78 is 17.8. The fraction of sp³-hybridized carbons (Fsp3) is 0.915. The predicted molar refractivity (Wildman–Crippen MR) is 217 cm³/mol. The lowest BCUT2D eigenvalue weighted by Gasteiger charge is -2.58. The molecule has 0 radical (unpaired) electrons. The molecule has 8 nitrogen and oxygen atoms in total. The highest BCUT2D eigenvalue weighted by atomic mass is 16.7. The first-order valence-electron chi connectivity index (χ1n) is 23.1. The van der Waals surface area contributed by atoms with Crippen LogP contribution in [-0.4, -0.2) is 70.5 Å². The van der Waals surface area contributed by atoms with Gasteiger partial charge in [-0.1, -0.05) is 131 Å². The fourth-order valence-corrected chi connectivity index (χ4v) is 12.0. The minimum atomic E-state index is -1.50. The van der Waals surface area contributed by atoms with Crippen molar-refractivity contribution >= 4 is 11.8 Å². The fourth-order valence-electron chi connectivity index (χ4n) is 12.0. The zero-order chi connectivity index (χ0) is 39.8. The lowest BCUT2D eigenvalue weighted by molar-refractivity contribution is -0.313. The molecule has 0 spiro atoms. The third-order valence-electron chi connectivity index (χ3n) is 15.5. The predicted octanol–water partition coefficient (Wildman–Crippen LogP) is 9.64. The van der Waals surface area contributed by atoms with E-state index in [4.69, 9.17) is 14.2 Å². The van der Waals surface area contributed by atoms with E-state index in [1.807, 2.05) is 6.08 Å². The number of carbonyl (C=O) groups excluding carboxylic acids is 2. The molecule has 316 valence electrons. The molecule has 8 heteroatoms. The van der Waals surface area contributed by atoms with E-state index in [0.717, 1.165) is 56.4 Å². The number of hydrogen-bond donors (Lipinski definition) is 3. The van der Waals surface area contributed by atoms with Gasteiger partial charge in [-0.05, 0) is 97.9 Å². The summed E-state index contributed by atoms with van der Waals surface area (Å²) in [5.74, 6) is 2.96. The molecule has 5 aliphatic rings. The van der Waals surface area contributed by atoms with Crippen molar-refractivity contribution in [2.45, 2.75) is 220 Å². The van der Waals surface area contributed by atoms with Gasteiger partial charge in [-0.15, -0.1) is 0 Å². The Balaban J connectivity index is 1.09. The van der Waals surface area contributed by atoms with Crippen LogP contribution >= 0.6 is 0 Å². The van der Waals surface area contributed by atoms with Gasteiger partial charge >= 0.3 is 5.97 Å². The van der Waals surface area contributed by atoms with Crippen molar-refractivity contribution in [3.05, 3.63) is 11.6 Å². The zero-order valence-corrected chi connectivity index (χ0v) is 35.7. The first-order valence-corrected chi connectivity index (χ1v) is 23.1. The number of carbonyl (C=O) groups is 2. The molecule has 13 atom stereocenters. The van der Waals surface area contributed by atoms with E-state index >= 15 is 0 Å². The number of aliphatic hydroxyl groups excluding tert-OH is 3. The van der Waals surface area contributed by atoms with Gasteiger partial charge in [0.05, 0.1) is 6.10 Å². The molecule has 1 aliphatic heterocycles. The van der Waals surface area contributed by atoms with E-state index in [2.05, 4.69) is 41.5 Å². The van der Waals surface area contributed by atoms with Crippen LogP contribution in [0, 0.1) is 46.3 Å². The molecule has 0 aromatic carbocycles. The SMILES string of the molecule is CCCCCCCCCCCCCC(=O)OC[C@H]1O[C@H](OC2CC[C@@]3(C)C(=CC(=O)C4C3CC[C@@]3(C)C4CC[C@@H]3[C@H](C)CCCC(C)C)C2)[C@@H](O)[C@@H](O)[C@H]1O. The maximum Gasteiger partial charge on any atom is 0.305 e. The molecule has 1 saturated heterocycles. The molecule has 4 fully saturated rings. The quantitative estimate of drug-likeness (QED) is 0.0779. The highest BCUT2D eigenvalue weighted by Gasteiger charge is 2.61. The third-order valence-corrected chi connectivity index (χ3v) is 15.5. The molecule has 5 rings (SSSR count). The van der Waals surface area contributed by atoms with Crippen LogP contribution in [0.5, 0.6) is 0 Å². The number of fused-ring (bicyclic) bond motifs is 5. The Morgan fingerprint density at radius 3 is 2.16 bits per heavy atom. The third kappa shape index (κ3) is 10.8. The molecule has 0 bridgehead atoms. The van der Waals surface area contributed by atoms with Gasteiger partial charge in [0.15, 0.2) is 12.1 Å². The van der Waals surface area contributed by atoms with Gasteiger partial charge in [-0.3, -0.25) is 9.59 Å². The highest BCUT2D eigenvalue weighted by Crippen LogP contribution is 2.67. The first kappa shape index (κ1) is 44.8. The largest absolute Gasteiger partial charge is 0.463 e. The van der Waals surface area contributed by atoms with Crippen LogP contribution in [0.1, 0.15) is 183 Å². The smallest absolute Gasteiger partial charge is 0.305 e. The van der Waals surface area contributed by atoms with Crippen molar-refractivity contribution < 1.29 is 39.1 Å². The van der Waals surface area contributed by atoms with Crippen LogP contribution in [0.25, 0.3) is 0 Å². The lowest BCUT2D eigenvalue weighted by Crippen LogP contribution is -2.60. The average molecular weight is 773 g/mol. The van der Waals surface area contributed by atoms with Gasteiger partial charge in [-0.2, -0.15) is 0 Å². The second-order valence-corrected chi connectivity index (χ2v) is 19.7. The topological polar surface area (TPSA) is 123 Å². The average Bonchev–Trinajstić information content (AvgIpc) is 3.51. The monoisotopic (exact) mass is 773 g/mol. The maximum absolute atomic E-state index is 14.1. The Morgan fingerprint density at radius 1 is 0.818 bits per heavy atom. The zero-order valence-electron chi connectivity index (χ0n) is 35.7. The Bertz CT molecular complexity index is 1250. The standard InChI is InChI=1S/C47H80O8/c1-7-8-9-10-11-12-13-14-15-16-17-21-40(49)53-30-39-42(50)43(51)44(52)45(55-39)54-34-24-26-46(5)33(28-34)29-38(48)41-36-23-22-35(32(4)20-18-19-31(2)3)47(36,6)27-25-37(41)46/h29,31-32,34-37,39,41-45,50-52H,7-28,30H2,1-6H3/t32-,34?,35-,36?,37?,39-,41?,42+,43+,44+,45+,46+,47-/m1/s1. The highest BCUT2D eigenvalue weighted by molar-refractivity contribution is 5.94. The molecule has 3 N–H and O–H groups in total. The van der Waals surface area contributed by atoms with Crippen LogP contribution < -0.4 is 0 Å². The van der Waals surface area contributed by atoms with E-state index in [1.165, 1.54) is 83.5 Å². The molecule has 4 unspecified atom stereocenters.